The highest BCUT2D eigenvalue weighted by atomic mass is 16.5. The van der Waals surface area contributed by atoms with Gasteiger partial charge >= 0.3 is 0 Å². The van der Waals surface area contributed by atoms with E-state index in [4.69, 9.17) is 4.74 Å². The van der Waals surface area contributed by atoms with Crippen LogP contribution in [-0.4, -0.2) is 30.9 Å². The van der Waals surface area contributed by atoms with Gasteiger partial charge in [-0.25, -0.2) is 0 Å². The number of amides is 3. The Labute approximate surface area is 151 Å². The van der Waals surface area contributed by atoms with E-state index in [2.05, 4.69) is 24.5 Å². The van der Waals surface area contributed by atoms with E-state index in [1.165, 1.54) is 23.8 Å². The van der Waals surface area contributed by atoms with Gasteiger partial charge in [0.1, 0.15) is 12.4 Å². The fourth-order valence-corrected chi connectivity index (χ4v) is 2.69. The fraction of sp³-hybridized carbons (Fsp3) is 0.250. The Balaban J connectivity index is 1.51. The highest BCUT2D eigenvalue weighted by Gasteiger charge is 2.27. The fourth-order valence-electron chi connectivity index (χ4n) is 2.69. The van der Waals surface area contributed by atoms with Crippen molar-refractivity contribution in [3.05, 3.63) is 64.7 Å². The molecule has 134 valence electrons. The summed E-state index contributed by atoms with van der Waals surface area (Å²) < 4.78 is 5.61. The van der Waals surface area contributed by atoms with Gasteiger partial charge in [0.2, 0.25) is 0 Å². The number of benzene rings is 2. The van der Waals surface area contributed by atoms with Crippen molar-refractivity contribution in [3.8, 4) is 5.75 Å². The van der Waals surface area contributed by atoms with E-state index >= 15 is 0 Å². The first-order chi connectivity index (χ1) is 12.5. The third kappa shape index (κ3) is 3.74. The minimum Gasteiger partial charge on any atom is -0.492 e. The summed E-state index contributed by atoms with van der Waals surface area (Å²) in [5.74, 6) is -0.0234. The third-order valence-corrected chi connectivity index (χ3v) is 4.20. The molecule has 3 rings (SSSR count). The lowest BCUT2D eigenvalue weighted by Crippen LogP contribution is -2.28. The molecule has 0 fully saturated rings. The van der Waals surface area contributed by atoms with Crippen LogP contribution in [-0.2, 0) is 0 Å². The summed E-state index contributed by atoms with van der Waals surface area (Å²) in [5, 5.41) is 4.94. The van der Waals surface area contributed by atoms with Gasteiger partial charge in [-0.15, -0.1) is 0 Å². The van der Waals surface area contributed by atoms with Crippen molar-refractivity contribution in [3.63, 3.8) is 0 Å². The number of rotatable bonds is 6. The number of fused-ring (bicyclic) bond motifs is 1. The molecule has 0 spiro atoms. The summed E-state index contributed by atoms with van der Waals surface area (Å²) >= 11 is 0. The van der Waals surface area contributed by atoms with Crippen LogP contribution in [0.2, 0.25) is 0 Å². The van der Waals surface area contributed by atoms with Crippen LogP contribution in [0, 0.1) is 0 Å². The molecule has 0 radical (unpaired) electrons. The average Bonchev–Trinajstić information content (AvgIpc) is 2.92. The molecule has 3 amide bonds. The number of carbonyl (C=O) groups excluding carboxylic acids is 3. The van der Waals surface area contributed by atoms with Crippen molar-refractivity contribution in [1.82, 2.24) is 10.6 Å². The molecule has 0 atom stereocenters. The van der Waals surface area contributed by atoms with Crippen LogP contribution in [0.15, 0.2) is 42.5 Å². The van der Waals surface area contributed by atoms with Crippen LogP contribution in [0.25, 0.3) is 0 Å². The van der Waals surface area contributed by atoms with Gasteiger partial charge in [-0.1, -0.05) is 26.0 Å². The summed E-state index contributed by atoms with van der Waals surface area (Å²) in [6.45, 7) is 4.91. The zero-order valence-corrected chi connectivity index (χ0v) is 14.7. The monoisotopic (exact) mass is 352 g/mol. The maximum absolute atomic E-state index is 12.2. The van der Waals surface area contributed by atoms with Gasteiger partial charge in [-0.2, -0.15) is 0 Å². The predicted molar refractivity (Wildman–Crippen MR) is 96.6 cm³/mol. The molecule has 2 N–H and O–H groups in total. The second-order valence-corrected chi connectivity index (χ2v) is 6.37. The number of ether oxygens (including phenoxy) is 1. The summed E-state index contributed by atoms with van der Waals surface area (Å²) in [6.07, 6.45) is 0. The molecule has 2 aromatic carbocycles. The lowest BCUT2D eigenvalue weighted by Gasteiger charge is -2.10. The first-order valence-corrected chi connectivity index (χ1v) is 8.46. The SMILES string of the molecule is CC(C)c1ccc(OCCNC(=O)c2ccc3c(c2)C(=O)NC3=O)cc1. The van der Waals surface area contributed by atoms with Crippen molar-refractivity contribution < 1.29 is 19.1 Å². The van der Waals surface area contributed by atoms with E-state index in [9.17, 15) is 14.4 Å². The molecule has 26 heavy (non-hydrogen) atoms. The molecule has 0 unspecified atom stereocenters. The van der Waals surface area contributed by atoms with Crippen LogP contribution in [0.3, 0.4) is 0 Å². The standard InChI is InChI=1S/C20H20N2O4/c1-12(2)13-3-6-15(7-4-13)26-10-9-21-18(23)14-5-8-16-17(11-14)20(25)22-19(16)24/h3-8,11-12H,9-10H2,1-2H3,(H,21,23)(H,22,24,25). The van der Waals surface area contributed by atoms with Crippen molar-refractivity contribution in [1.29, 1.82) is 0 Å². The highest BCUT2D eigenvalue weighted by molar-refractivity contribution is 6.22. The summed E-state index contributed by atoms with van der Waals surface area (Å²) in [6, 6.07) is 12.3. The molecule has 0 saturated carbocycles. The molecule has 0 aliphatic carbocycles. The maximum atomic E-state index is 12.2. The first kappa shape index (κ1) is 17.7. The Morgan fingerprint density at radius 3 is 2.42 bits per heavy atom. The van der Waals surface area contributed by atoms with Crippen LogP contribution in [0.4, 0.5) is 0 Å². The topological polar surface area (TPSA) is 84.5 Å². The number of carbonyl (C=O) groups is 3. The van der Waals surface area contributed by atoms with Crippen LogP contribution in [0.1, 0.15) is 56.4 Å². The zero-order chi connectivity index (χ0) is 18.7. The van der Waals surface area contributed by atoms with Crippen molar-refractivity contribution in [2.75, 3.05) is 13.2 Å². The molecule has 0 bridgehead atoms. The molecule has 1 aliphatic rings. The van der Waals surface area contributed by atoms with Gasteiger partial charge in [0.25, 0.3) is 17.7 Å². The van der Waals surface area contributed by atoms with Crippen molar-refractivity contribution in [2.45, 2.75) is 19.8 Å². The quantitative estimate of drug-likeness (QED) is 0.618. The molecule has 0 saturated heterocycles. The molecule has 6 nitrogen and oxygen atoms in total. The Hall–Kier alpha value is -3.15. The van der Waals surface area contributed by atoms with Crippen LogP contribution in [0.5, 0.6) is 5.75 Å². The Bertz CT molecular complexity index is 857. The van der Waals surface area contributed by atoms with E-state index in [0.717, 1.165) is 5.75 Å². The predicted octanol–water partition coefficient (Wildman–Crippen LogP) is 2.50. The van der Waals surface area contributed by atoms with Gasteiger partial charge < -0.3 is 10.1 Å². The molecule has 1 aliphatic heterocycles. The number of nitrogens with one attached hydrogen (secondary N) is 2. The molecule has 2 aromatic rings. The highest BCUT2D eigenvalue weighted by Crippen LogP contribution is 2.19. The molecule has 6 heteroatoms. The normalized spacial score (nSPS) is 12.7. The summed E-state index contributed by atoms with van der Waals surface area (Å²) in [5.41, 5.74) is 2.09. The Kier molecular flexibility index (Phi) is 5.02. The number of hydrogen-bond acceptors (Lipinski definition) is 4. The number of imide groups is 1. The van der Waals surface area contributed by atoms with E-state index in [1.54, 1.807) is 0 Å². The molecule has 0 aromatic heterocycles. The first-order valence-electron chi connectivity index (χ1n) is 8.46. The molecular weight excluding hydrogens is 332 g/mol. The number of hydrogen-bond donors (Lipinski definition) is 2. The molecular formula is C20H20N2O4. The van der Waals surface area contributed by atoms with E-state index in [-0.39, 0.29) is 11.5 Å². The van der Waals surface area contributed by atoms with Gasteiger partial charge in [-0.05, 0) is 41.8 Å². The van der Waals surface area contributed by atoms with Gasteiger partial charge in [0, 0.05) is 5.56 Å². The Morgan fingerprint density at radius 1 is 1.04 bits per heavy atom. The second-order valence-electron chi connectivity index (χ2n) is 6.37. The lowest BCUT2D eigenvalue weighted by molar-refractivity contribution is 0.0878. The molecule has 1 heterocycles. The second kappa shape index (κ2) is 7.39. The van der Waals surface area contributed by atoms with E-state index in [1.807, 2.05) is 24.3 Å². The van der Waals surface area contributed by atoms with E-state index < -0.39 is 11.8 Å². The van der Waals surface area contributed by atoms with Gasteiger partial charge in [0.05, 0.1) is 17.7 Å². The summed E-state index contributed by atoms with van der Waals surface area (Å²) in [4.78, 5) is 35.3. The zero-order valence-electron chi connectivity index (χ0n) is 14.7. The third-order valence-electron chi connectivity index (χ3n) is 4.20. The van der Waals surface area contributed by atoms with E-state index in [0.29, 0.717) is 30.2 Å². The smallest absolute Gasteiger partial charge is 0.258 e. The van der Waals surface area contributed by atoms with Crippen molar-refractivity contribution in [2.24, 2.45) is 0 Å². The lowest BCUT2D eigenvalue weighted by atomic mass is 10.0. The maximum Gasteiger partial charge on any atom is 0.258 e. The van der Waals surface area contributed by atoms with Crippen molar-refractivity contribution >= 4 is 17.7 Å². The van der Waals surface area contributed by atoms with Crippen LogP contribution >= 0.6 is 0 Å². The Morgan fingerprint density at radius 2 is 1.73 bits per heavy atom. The van der Waals surface area contributed by atoms with Gasteiger partial charge in [0.15, 0.2) is 0 Å². The minimum absolute atomic E-state index is 0.226. The largest absolute Gasteiger partial charge is 0.492 e. The van der Waals surface area contributed by atoms with Gasteiger partial charge in [-0.3, -0.25) is 19.7 Å². The minimum atomic E-state index is -0.479. The summed E-state index contributed by atoms with van der Waals surface area (Å²) in [7, 11) is 0. The van der Waals surface area contributed by atoms with Crippen LogP contribution < -0.4 is 15.4 Å². The average molecular weight is 352 g/mol.